The topological polar surface area (TPSA) is 70.6 Å². The number of hydrogen-bond acceptors (Lipinski definition) is 5. The highest BCUT2D eigenvalue weighted by Crippen LogP contribution is 2.47. The molecule has 0 unspecified atom stereocenters. The first-order chi connectivity index (χ1) is 13.2. The van der Waals surface area contributed by atoms with Gasteiger partial charge in [-0.3, -0.25) is 4.90 Å². The molecule has 1 saturated heterocycles. The number of carbonyl (C=O) groups excluding carboxylic acids is 1. The summed E-state index contributed by atoms with van der Waals surface area (Å²) in [5.41, 5.74) is 2.30. The number of piperidine rings is 1. The first-order valence-electron chi connectivity index (χ1n) is 9.39. The number of anilines is 2. The fourth-order valence-electron chi connectivity index (χ4n) is 4.18. The van der Waals surface area contributed by atoms with Crippen molar-refractivity contribution >= 4 is 17.7 Å². The molecule has 0 atom stereocenters. The zero-order valence-corrected chi connectivity index (χ0v) is 15.6. The zero-order chi connectivity index (χ0) is 18.7. The normalized spacial score (nSPS) is 17.8. The van der Waals surface area contributed by atoms with Gasteiger partial charge >= 0.3 is 6.03 Å². The van der Waals surface area contributed by atoms with E-state index in [9.17, 15) is 4.79 Å². The standard InChI is InChI=1S/C20H25N5O2/c1-27-14-11-23-19(26)25-15-20(16-5-2-3-6-17(16)25)7-12-24(13-8-20)18-21-9-4-10-22-18/h2-6,9-10H,7-8,11-15H2,1H3,(H,23,26). The third-order valence-electron chi connectivity index (χ3n) is 5.61. The van der Waals surface area contributed by atoms with Crippen LogP contribution in [0.1, 0.15) is 18.4 Å². The van der Waals surface area contributed by atoms with Crippen LogP contribution in [0.5, 0.6) is 0 Å². The molecule has 2 aliphatic rings. The molecule has 2 aliphatic heterocycles. The second kappa shape index (κ2) is 7.52. The van der Waals surface area contributed by atoms with Crippen LogP contribution in [0.15, 0.2) is 42.7 Å². The summed E-state index contributed by atoms with van der Waals surface area (Å²) < 4.78 is 5.04. The first kappa shape index (κ1) is 17.7. The summed E-state index contributed by atoms with van der Waals surface area (Å²) in [7, 11) is 1.64. The van der Waals surface area contributed by atoms with Crippen molar-refractivity contribution in [3.05, 3.63) is 48.3 Å². The summed E-state index contributed by atoms with van der Waals surface area (Å²) in [4.78, 5) is 25.6. The molecule has 1 fully saturated rings. The highest BCUT2D eigenvalue weighted by Gasteiger charge is 2.46. The number of nitrogens with zero attached hydrogens (tertiary/aromatic N) is 4. The Morgan fingerprint density at radius 3 is 2.67 bits per heavy atom. The Hall–Kier alpha value is -2.67. The predicted molar refractivity (Wildman–Crippen MR) is 104 cm³/mol. The Morgan fingerprint density at radius 2 is 1.93 bits per heavy atom. The quantitative estimate of drug-likeness (QED) is 0.839. The Morgan fingerprint density at radius 1 is 1.19 bits per heavy atom. The number of para-hydroxylation sites is 1. The van der Waals surface area contributed by atoms with Gasteiger partial charge in [0.25, 0.3) is 0 Å². The summed E-state index contributed by atoms with van der Waals surface area (Å²) in [6.45, 7) is 3.52. The number of ether oxygens (including phenoxy) is 1. The second-order valence-corrected chi connectivity index (χ2v) is 7.14. The number of hydrogen-bond donors (Lipinski definition) is 1. The van der Waals surface area contributed by atoms with Gasteiger partial charge in [-0.1, -0.05) is 18.2 Å². The van der Waals surface area contributed by atoms with E-state index in [1.165, 1.54) is 5.56 Å². The largest absolute Gasteiger partial charge is 0.383 e. The van der Waals surface area contributed by atoms with Crippen LogP contribution < -0.4 is 15.1 Å². The lowest BCUT2D eigenvalue weighted by Gasteiger charge is -2.39. The lowest BCUT2D eigenvalue weighted by Crippen LogP contribution is -2.48. The molecule has 0 bridgehead atoms. The van der Waals surface area contributed by atoms with Crippen molar-refractivity contribution in [3.8, 4) is 0 Å². The van der Waals surface area contributed by atoms with Crippen LogP contribution in [0.3, 0.4) is 0 Å². The van der Waals surface area contributed by atoms with Crippen molar-refractivity contribution in [1.82, 2.24) is 15.3 Å². The van der Waals surface area contributed by atoms with Crippen LogP contribution in [0.4, 0.5) is 16.4 Å². The minimum absolute atomic E-state index is 0.000466. The number of urea groups is 1. The third kappa shape index (κ3) is 3.35. The molecule has 2 amide bonds. The van der Waals surface area contributed by atoms with Crippen molar-refractivity contribution in [3.63, 3.8) is 0 Å². The summed E-state index contributed by atoms with van der Waals surface area (Å²) in [5, 5.41) is 2.95. The van der Waals surface area contributed by atoms with E-state index in [-0.39, 0.29) is 11.4 Å². The number of aromatic nitrogens is 2. The molecule has 1 N–H and O–H groups in total. The van der Waals surface area contributed by atoms with Crippen molar-refractivity contribution < 1.29 is 9.53 Å². The molecule has 3 heterocycles. The fraction of sp³-hybridized carbons (Fsp3) is 0.450. The van der Waals surface area contributed by atoms with Crippen LogP contribution in [0.25, 0.3) is 0 Å². The lowest BCUT2D eigenvalue weighted by molar-refractivity contribution is 0.197. The smallest absolute Gasteiger partial charge is 0.321 e. The van der Waals surface area contributed by atoms with Gasteiger partial charge in [0, 0.05) is 56.8 Å². The fourth-order valence-corrected chi connectivity index (χ4v) is 4.18. The molecule has 7 heteroatoms. The van der Waals surface area contributed by atoms with Crippen molar-refractivity contribution in [2.24, 2.45) is 0 Å². The highest BCUT2D eigenvalue weighted by molar-refractivity contribution is 5.95. The van der Waals surface area contributed by atoms with Gasteiger partial charge in [-0.05, 0) is 30.5 Å². The van der Waals surface area contributed by atoms with Gasteiger partial charge < -0.3 is 15.0 Å². The zero-order valence-electron chi connectivity index (χ0n) is 15.6. The van der Waals surface area contributed by atoms with Crippen molar-refractivity contribution in [2.45, 2.75) is 18.3 Å². The number of benzene rings is 1. The Bertz CT molecular complexity index is 790. The summed E-state index contributed by atoms with van der Waals surface area (Å²) in [5.74, 6) is 0.785. The number of carbonyl (C=O) groups is 1. The first-order valence-corrected chi connectivity index (χ1v) is 9.39. The summed E-state index contributed by atoms with van der Waals surface area (Å²) in [6.07, 6.45) is 5.52. The molecule has 1 aromatic carbocycles. The van der Waals surface area contributed by atoms with E-state index in [0.717, 1.165) is 37.6 Å². The average Bonchev–Trinajstić information content (AvgIpc) is 3.04. The predicted octanol–water partition coefficient (Wildman–Crippen LogP) is 2.19. The maximum atomic E-state index is 12.7. The Kier molecular flexibility index (Phi) is 4.94. The van der Waals surface area contributed by atoms with Crippen molar-refractivity contribution in [1.29, 1.82) is 0 Å². The molecule has 2 aromatic rings. The molecule has 1 spiro atoms. The molecule has 7 nitrogen and oxygen atoms in total. The van der Waals surface area contributed by atoms with Crippen LogP contribution in [-0.4, -0.2) is 55.9 Å². The van der Waals surface area contributed by atoms with Gasteiger partial charge in [0.15, 0.2) is 0 Å². The maximum absolute atomic E-state index is 12.7. The van der Waals surface area contributed by atoms with E-state index >= 15 is 0 Å². The lowest BCUT2D eigenvalue weighted by atomic mass is 9.74. The molecular weight excluding hydrogens is 342 g/mol. The molecule has 4 rings (SSSR count). The SMILES string of the molecule is COCCNC(=O)N1CC2(CCN(c3ncccn3)CC2)c2ccccc21. The number of methoxy groups -OCH3 is 1. The van der Waals surface area contributed by atoms with Gasteiger partial charge in [-0.2, -0.15) is 0 Å². The van der Waals surface area contributed by atoms with Gasteiger partial charge in [0.05, 0.1) is 6.61 Å². The number of fused-ring (bicyclic) bond motifs is 2. The molecule has 1 aromatic heterocycles. The second-order valence-electron chi connectivity index (χ2n) is 7.14. The van der Waals surface area contributed by atoms with Crippen LogP contribution >= 0.6 is 0 Å². The monoisotopic (exact) mass is 367 g/mol. The number of amides is 2. The Balaban J connectivity index is 1.52. The van der Waals surface area contributed by atoms with Crippen LogP contribution in [-0.2, 0) is 10.2 Å². The average molecular weight is 367 g/mol. The minimum Gasteiger partial charge on any atom is -0.383 e. The maximum Gasteiger partial charge on any atom is 0.321 e. The third-order valence-corrected chi connectivity index (χ3v) is 5.61. The molecule has 142 valence electrons. The van der Waals surface area contributed by atoms with Crippen molar-refractivity contribution in [2.75, 3.05) is 49.7 Å². The molecule has 0 radical (unpaired) electrons. The van der Waals surface area contributed by atoms with Gasteiger partial charge in [-0.15, -0.1) is 0 Å². The minimum atomic E-state index is -0.0507. The highest BCUT2D eigenvalue weighted by atomic mass is 16.5. The van der Waals surface area contributed by atoms with E-state index < -0.39 is 0 Å². The molecule has 0 aliphatic carbocycles. The number of rotatable bonds is 4. The van der Waals surface area contributed by atoms with E-state index in [2.05, 4.69) is 32.3 Å². The molecule has 0 saturated carbocycles. The van der Waals surface area contributed by atoms with Gasteiger partial charge in [0.1, 0.15) is 0 Å². The van der Waals surface area contributed by atoms with E-state index in [0.29, 0.717) is 19.7 Å². The summed E-state index contributed by atoms with van der Waals surface area (Å²) >= 11 is 0. The van der Waals surface area contributed by atoms with Gasteiger partial charge in [0.2, 0.25) is 5.95 Å². The van der Waals surface area contributed by atoms with Gasteiger partial charge in [-0.25, -0.2) is 14.8 Å². The molecule has 27 heavy (non-hydrogen) atoms. The van der Waals surface area contributed by atoms with Crippen LogP contribution in [0, 0.1) is 0 Å². The van der Waals surface area contributed by atoms with E-state index in [4.69, 9.17) is 4.74 Å². The van der Waals surface area contributed by atoms with Crippen LogP contribution in [0.2, 0.25) is 0 Å². The van der Waals surface area contributed by atoms with E-state index in [1.54, 1.807) is 19.5 Å². The summed E-state index contributed by atoms with van der Waals surface area (Å²) in [6, 6.07) is 10.1. The van der Waals surface area contributed by atoms with E-state index in [1.807, 2.05) is 23.1 Å². The molecular formula is C20H25N5O2. The Labute approximate surface area is 159 Å². The number of nitrogens with one attached hydrogen (secondary N) is 1.